The number of amides is 2. The van der Waals surface area contributed by atoms with Crippen LogP contribution in [0.2, 0.25) is 0 Å². The molecule has 1 aliphatic heterocycles. The first kappa shape index (κ1) is 13.2. The molecule has 4 aliphatic rings. The molecule has 0 N–H and O–H groups in total. The van der Waals surface area contributed by atoms with Crippen molar-refractivity contribution in [3.63, 3.8) is 0 Å². The molecule has 0 aromatic carbocycles. The number of hydrogen-bond donors (Lipinski definition) is 0. The lowest BCUT2D eigenvalue weighted by molar-refractivity contribution is -0.140. The number of allylic oxidation sites excluding steroid dienone is 2. The number of furan rings is 1. The van der Waals surface area contributed by atoms with Crippen molar-refractivity contribution < 1.29 is 14.0 Å². The molecule has 2 bridgehead atoms. The lowest BCUT2D eigenvalue weighted by Crippen LogP contribution is -2.38. The molecule has 6 heteroatoms. The zero-order chi connectivity index (χ0) is 14.6. The first-order valence-corrected chi connectivity index (χ1v) is 8.08. The quantitative estimate of drug-likeness (QED) is 0.334. The van der Waals surface area contributed by atoms with Gasteiger partial charge in [-0.1, -0.05) is 12.2 Å². The van der Waals surface area contributed by atoms with E-state index in [-0.39, 0.29) is 35.5 Å². The number of fused-ring (bicyclic) bond motifs is 1. The number of carbonyl (C=O) groups is 2. The van der Waals surface area contributed by atoms with Gasteiger partial charge in [-0.3, -0.25) is 9.59 Å². The maximum atomic E-state index is 12.5. The van der Waals surface area contributed by atoms with Gasteiger partial charge in [0.05, 0.1) is 18.1 Å². The van der Waals surface area contributed by atoms with E-state index in [1.165, 1.54) is 6.21 Å². The van der Waals surface area contributed by atoms with Crippen LogP contribution in [-0.2, 0) is 9.59 Å². The van der Waals surface area contributed by atoms with Crippen molar-refractivity contribution in [1.82, 2.24) is 5.01 Å². The normalized spacial score (nSPS) is 34.2. The lowest BCUT2D eigenvalue weighted by Gasteiger charge is -2.37. The Hall–Kier alpha value is -1.44. The van der Waals surface area contributed by atoms with Gasteiger partial charge in [0.25, 0.3) is 11.8 Å². The standard InChI is InChI=1S/C15H13IN2O3/c16-11-6-5-10(21-11)7-17-18-14(19)12-8-1-2-9(4-3-8)13(12)15(18)20/h1-2,5-9,12-13H,3-4H2. The highest BCUT2D eigenvalue weighted by Gasteiger charge is 2.56. The van der Waals surface area contributed by atoms with Crippen molar-refractivity contribution in [1.29, 1.82) is 0 Å². The molecule has 2 amide bonds. The summed E-state index contributed by atoms with van der Waals surface area (Å²) in [4.78, 5) is 25.0. The van der Waals surface area contributed by atoms with Gasteiger partial charge in [-0.25, -0.2) is 0 Å². The Labute approximate surface area is 135 Å². The Kier molecular flexibility index (Phi) is 3.02. The van der Waals surface area contributed by atoms with Gasteiger partial charge in [0, 0.05) is 0 Å². The second-order valence-corrected chi connectivity index (χ2v) is 6.78. The fourth-order valence-corrected chi connectivity index (χ4v) is 4.12. The summed E-state index contributed by atoms with van der Waals surface area (Å²) >= 11 is 2.05. The SMILES string of the molecule is O=C1C2C3C=CC(CC3)C2C(=O)N1N=Cc1ccc(I)o1. The van der Waals surface area contributed by atoms with E-state index in [0.29, 0.717) is 5.76 Å². The van der Waals surface area contributed by atoms with Gasteiger partial charge in [0.15, 0.2) is 3.77 Å². The van der Waals surface area contributed by atoms with E-state index in [0.717, 1.165) is 21.6 Å². The summed E-state index contributed by atoms with van der Waals surface area (Å²) in [6.45, 7) is 0. The second-order valence-electron chi connectivity index (χ2n) is 5.72. The lowest BCUT2D eigenvalue weighted by atomic mass is 9.63. The third-order valence-corrected chi connectivity index (χ3v) is 5.21. The van der Waals surface area contributed by atoms with E-state index in [1.807, 2.05) is 0 Å². The van der Waals surface area contributed by atoms with Crippen molar-refractivity contribution in [3.05, 3.63) is 33.8 Å². The van der Waals surface area contributed by atoms with Crippen molar-refractivity contribution in [3.8, 4) is 0 Å². The number of nitrogens with zero attached hydrogens (tertiary/aromatic N) is 2. The molecule has 3 aliphatic carbocycles. The molecule has 5 nitrogen and oxygen atoms in total. The van der Waals surface area contributed by atoms with Gasteiger partial charge < -0.3 is 4.42 Å². The molecule has 21 heavy (non-hydrogen) atoms. The minimum absolute atomic E-state index is 0.165. The Morgan fingerprint density at radius 1 is 1.14 bits per heavy atom. The molecule has 5 rings (SSSR count). The van der Waals surface area contributed by atoms with Crippen LogP contribution in [0, 0.1) is 27.4 Å². The Morgan fingerprint density at radius 3 is 2.24 bits per heavy atom. The van der Waals surface area contributed by atoms with Crippen LogP contribution in [0.1, 0.15) is 18.6 Å². The smallest absolute Gasteiger partial charge is 0.254 e. The Balaban J connectivity index is 1.62. The summed E-state index contributed by atoms with van der Waals surface area (Å²) in [5.74, 6) is 0.173. The molecule has 0 spiro atoms. The highest BCUT2D eigenvalue weighted by molar-refractivity contribution is 14.1. The van der Waals surface area contributed by atoms with Crippen LogP contribution >= 0.6 is 22.6 Å². The number of halogens is 1. The third-order valence-electron chi connectivity index (χ3n) is 4.63. The van der Waals surface area contributed by atoms with Crippen molar-refractivity contribution in [2.45, 2.75) is 12.8 Å². The summed E-state index contributed by atoms with van der Waals surface area (Å²) in [6, 6.07) is 3.56. The fraction of sp³-hybridized carbons (Fsp3) is 0.400. The highest BCUT2D eigenvalue weighted by Crippen LogP contribution is 2.49. The topological polar surface area (TPSA) is 62.9 Å². The summed E-state index contributed by atoms with van der Waals surface area (Å²) in [5.41, 5.74) is 0. The molecule has 1 saturated heterocycles. The number of carbonyl (C=O) groups excluding carboxylic acids is 2. The van der Waals surface area contributed by atoms with Gasteiger partial charge in [-0.15, -0.1) is 0 Å². The molecule has 108 valence electrons. The zero-order valence-electron chi connectivity index (χ0n) is 11.1. The molecule has 2 fully saturated rings. The van der Waals surface area contributed by atoms with Crippen LogP contribution in [0.4, 0.5) is 0 Å². The number of rotatable bonds is 2. The molecule has 4 atom stereocenters. The fourth-order valence-electron chi connectivity index (χ4n) is 3.68. The van der Waals surface area contributed by atoms with Gasteiger partial charge >= 0.3 is 0 Å². The van der Waals surface area contributed by atoms with Crippen molar-refractivity contribution in [2.24, 2.45) is 28.8 Å². The molecule has 4 unspecified atom stereocenters. The molecule has 1 aromatic rings. The predicted molar refractivity (Wildman–Crippen MR) is 83.2 cm³/mol. The maximum absolute atomic E-state index is 12.5. The van der Waals surface area contributed by atoms with Gasteiger partial charge in [-0.2, -0.15) is 10.1 Å². The van der Waals surface area contributed by atoms with Crippen LogP contribution in [0.15, 0.2) is 33.8 Å². The van der Waals surface area contributed by atoms with E-state index in [9.17, 15) is 9.59 Å². The minimum Gasteiger partial charge on any atom is -0.449 e. The largest absolute Gasteiger partial charge is 0.449 e. The number of hydrogen-bond acceptors (Lipinski definition) is 4. The minimum atomic E-state index is -0.213. The summed E-state index contributed by atoms with van der Waals surface area (Å²) in [7, 11) is 0. The molecular weight excluding hydrogens is 383 g/mol. The van der Waals surface area contributed by atoms with E-state index in [1.54, 1.807) is 12.1 Å². The van der Waals surface area contributed by atoms with E-state index in [4.69, 9.17) is 4.42 Å². The molecule has 2 heterocycles. The van der Waals surface area contributed by atoms with Gasteiger partial charge in [0.1, 0.15) is 5.76 Å². The second kappa shape index (κ2) is 4.79. The van der Waals surface area contributed by atoms with Gasteiger partial charge in [-0.05, 0) is 59.4 Å². The Bertz CT molecular complexity index is 646. The molecular formula is C15H13IN2O3. The monoisotopic (exact) mass is 396 g/mol. The number of hydrazone groups is 1. The Morgan fingerprint density at radius 2 is 1.76 bits per heavy atom. The first-order chi connectivity index (χ1) is 10.1. The number of imide groups is 1. The van der Waals surface area contributed by atoms with E-state index in [2.05, 4.69) is 39.8 Å². The summed E-state index contributed by atoms with van der Waals surface area (Å²) in [5, 5.41) is 5.12. The molecule has 1 saturated carbocycles. The molecule has 1 aromatic heterocycles. The average molecular weight is 396 g/mol. The van der Waals surface area contributed by atoms with Crippen molar-refractivity contribution in [2.75, 3.05) is 0 Å². The highest BCUT2D eigenvalue weighted by atomic mass is 127. The van der Waals surface area contributed by atoms with Crippen LogP contribution in [0.25, 0.3) is 0 Å². The summed E-state index contributed by atoms with van der Waals surface area (Å²) < 4.78 is 6.10. The maximum Gasteiger partial charge on any atom is 0.254 e. The first-order valence-electron chi connectivity index (χ1n) is 7.00. The molecule has 0 radical (unpaired) electrons. The third kappa shape index (κ3) is 1.99. The predicted octanol–water partition coefficient (Wildman–Crippen LogP) is 2.42. The summed E-state index contributed by atoms with van der Waals surface area (Å²) in [6.07, 6.45) is 7.63. The van der Waals surface area contributed by atoms with E-state index < -0.39 is 0 Å². The van der Waals surface area contributed by atoms with Gasteiger partial charge in [0.2, 0.25) is 0 Å². The van der Waals surface area contributed by atoms with Crippen molar-refractivity contribution >= 4 is 40.6 Å². The van der Waals surface area contributed by atoms with Crippen LogP contribution in [0.5, 0.6) is 0 Å². The van der Waals surface area contributed by atoms with Crippen LogP contribution < -0.4 is 0 Å². The zero-order valence-corrected chi connectivity index (χ0v) is 13.3. The van der Waals surface area contributed by atoms with E-state index >= 15 is 0 Å². The van der Waals surface area contributed by atoms with Crippen LogP contribution in [0.3, 0.4) is 0 Å². The van der Waals surface area contributed by atoms with Crippen LogP contribution in [-0.4, -0.2) is 23.0 Å². The average Bonchev–Trinajstić information content (AvgIpc) is 3.03.